The molecule has 4 N–H and O–H groups in total. The highest BCUT2D eigenvalue weighted by molar-refractivity contribution is 5.14. The Morgan fingerprint density at radius 3 is 2.35 bits per heavy atom. The molecule has 6 heteroatoms. The van der Waals surface area contributed by atoms with Gasteiger partial charge in [-0.3, -0.25) is 0 Å². The zero-order valence-corrected chi connectivity index (χ0v) is 13.1. The molecule has 0 radical (unpaired) electrons. The van der Waals surface area contributed by atoms with Crippen molar-refractivity contribution in [2.24, 2.45) is 0 Å². The molecule has 5 atom stereocenters. The van der Waals surface area contributed by atoms with E-state index in [9.17, 15) is 15.3 Å². The summed E-state index contributed by atoms with van der Waals surface area (Å²) in [6.45, 7) is -0.0562. The maximum atomic E-state index is 9.83. The first-order valence-corrected chi connectivity index (χ1v) is 8.09. The molecule has 1 aromatic carbocycles. The Hall–Kier alpha value is -1.02. The number of aliphatic hydroxyl groups excluding tert-OH is 4. The topological polar surface area (TPSA) is 99.4 Å². The fourth-order valence-electron chi connectivity index (χ4n) is 2.66. The van der Waals surface area contributed by atoms with E-state index < -0.39 is 37.3 Å². The lowest BCUT2D eigenvalue weighted by Gasteiger charge is -2.39. The maximum Gasteiger partial charge on any atom is 0.186 e. The molecule has 1 fully saturated rings. The molecule has 2 rings (SSSR count). The van der Waals surface area contributed by atoms with Gasteiger partial charge in [0.2, 0.25) is 0 Å². The van der Waals surface area contributed by atoms with Crippen molar-refractivity contribution in [1.29, 1.82) is 0 Å². The van der Waals surface area contributed by atoms with E-state index in [4.69, 9.17) is 14.6 Å². The van der Waals surface area contributed by atoms with Crippen LogP contribution >= 0.6 is 0 Å². The second-order valence-electron chi connectivity index (χ2n) is 5.86. The Labute approximate surface area is 136 Å². The van der Waals surface area contributed by atoms with Crippen molar-refractivity contribution in [2.75, 3.05) is 13.2 Å². The van der Waals surface area contributed by atoms with E-state index >= 15 is 0 Å². The summed E-state index contributed by atoms with van der Waals surface area (Å²) in [5, 5.41) is 38.3. The van der Waals surface area contributed by atoms with Crippen molar-refractivity contribution < 1.29 is 29.9 Å². The summed E-state index contributed by atoms with van der Waals surface area (Å²) in [5.41, 5.74) is 1.31. The van der Waals surface area contributed by atoms with Crippen molar-refractivity contribution in [2.45, 2.75) is 56.4 Å². The normalized spacial score (nSPS) is 31.2. The fourth-order valence-corrected chi connectivity index (χ4v) is 2.66. The van der Waals surface area contributed by atoms with E-state index in [1.807, 2.05) is 18.2 Å². The highest BCUT2D eigenvalue weighted by Gasteiger charge is 2.43. The Morgan fingerprint density at radius 1 is 0.913 bits per heavy atom. The van der Waals surface area contributed by atoms with Crippen molar-refractivity contribution in [3.05, 3.63) is 35.9 Å². The van der Waals surface area contributed by atoms with Crippen LogP contribution < -0.4 is 0 Å². The molecule has 6 nitrogen and oxygen atoms in total. The van der Waals surface area contributed by atoms with Gasteiger partial charge in [0.15, 0.2) is 6.29 Å². The third kappa shape index (κ3) is 5.24. The average Bonchev–Trinajstić information content (AvgIpc) is 2.58. The van der Waals surface area contributed by atoms with Crippen LogP contribution in [0.4, 0.5) is 0 Å². The molecule has 1 heterocycles. The number of hydrogen-bond acceptors (Lipinski definition) is 6. The molecule has 1 aromatic rings. The minimum absolute atomic E-state index is 0.386. The third-order valence-electron chi connectivity index (χ3n) is 4.08. The molecule has 23 heavy (non-hydrogen) atoms. The molecule has 1 aliphatic rings. The standard InChI is InChI=1S/C17H26O6/c18-11-13-14(19)15(20)16(21)17(23-13)22-10-6-2-5-9-12-7-3-1-4-8-12/h1,3-4,7-8,13-21H,2,5-6,9-11H2. The lowest BCUT2D eigenvalue weighted by molar-refractivity contribution is -0.301. The molecule has 0 aliphatic carbocycles. The zero-order valence-electron chi connectivity index (χ0n) is 13.1. The van der Waals surface area contributed by atoms with Crippen LogP contribution in [0.3, 0.4) is 0 Å². The second-order valence-corrected chi connectivity index (χ2v) is 5.86. The van der Waals surface area contributed by atoms with Gasteiger partial charge in [0.25, 0.3) is 0 Å². The highest BCUT2D eigenvalue weighted by atomic mass is 16.7. The monoisotopic (exact) mass is 326 g/mol. The van der Waals surface area contributed by atoms with Crippen molar-refractivity contribution in [3.8, 4) is 0 Å². The van der Waals surface area contributed by atoms with Gasteiger partial charge in [0, 0.05) is 6.61 Å². The summed E-state index contributed by atoms with van der Waals surface area (Å²) in [6, 6.07) is 10.3. The second kappa shape index (κ2) is 9.32. The molecule has 0 saturated carbocycles. The van der Waals surface area contributed by atoms with Crippen molar-refractivity contribution in [3.63, 3.8) is 0 Å². The molecule has 0 amide bonds. The number of aliphatic hydroxyl groups is 4. The van der Waals surface area contributed by atoms with E-state index in [0.29, 0.717) is 6.61 Å². The van der Waals surface area contributed by atoms with Gasteiger partial charge in [-0.05, 0) is 24.8 Å². The van der Waals surface area contributed by atoms with E-state index in [-0.39, 0.29) is 0 Å². The number of ether oxygens (including phenoxy) is 2. The van der Waals surface area contributed by atoms with Crippen LogP contribution in [0.1, 0.15) is 24.8 Å². The predicted octanol–water partition coefficient (Wildman–Crippen LogP) is 0.216. The van der Waals surface area contributed by atoms with Gasteiger partial charge in [-0.15, -0.1) is 0 Å². The van der Waals surface area contributed by atoms with Gasteiger partial charge in [-0.25, -0.2) is 0 Å². The molecule has 5 unspecified atom stereocenters. The molecule has 0 aromatic heterocycles. The number of unbranched alkanes of at least 4 members (excludes halogenated alkanes) is 2. The van der Waals surface area contributed by atoms with Crippen LogP contribution in [0.2, 0.25) is 0 Å². The van der Waals surface area contributed by atoms with Crippen molar-refractivity contribution in [1.82, 2.24) is 0 Å². The van der Waals surface area contributed by atoms with E-state index in [1.54, 1.807) is 0 Å². The van der Waals surface area contributed by atoms with Crippen LogP contribution in [0, 0.1) is 0 Å². The number of aryl methyl sites for hydroxylation is 1. The maximum absolute atomic E-state index is 9.83. The van der Waals surface area contributed by atoms with Gasteiger partial charge in [0.1, 0.15) is 24.4 Å². The van der Waals surface area contributed by atoms with Crippen LogP contribution in [-0.2, 0) is 15.9 Å². The molecule has 0 bridgehead atoms. The van der Waals surface area contributed by atoms with Crippen LogP contribution in [0.25, 0.3) is 0 Å². The number of benzene rings is 1. The van der Waals surface area contributed by atoms with Gasteiger partial charge >= 0.3 is 0 Å². The fraction of sp³-hybridized carbons (Fsp3) is 0.647. The predicted molar refractivity (Wildman–Crippen MR) is 83.7 cm³/mol. The van der Waals surface area contributed by atoms with Gasteiger partial charge in [-0.2, -0.15) is 0 Å². The average molecular weight is 326 g/mol. The Balaban J connectivity index is 1.63. The van der Waals surface area contributed by atoms with Gasteiger partial charge < -0.3 is 29.9 Å². The molecule has 1 saturated heterocycles. The molecular formula is C17H26O6. The van der Waals surface area contributed by atoms with Crippen LogP contribution in [-0.4, -0.2) is 64.3 Å². The summed E-state index contributed by atoms with van der Waals surface area (Å²) >= 11 is 0. The number of rotatable bonds is 8. The minimum atomic E-state index is -1.39. The van der Waals surface area contributed by atoms with Crippen LogP contribution in [0.15, 0.2) is 30.3 Å². The molecule has 130 valence electrons. The van der Waals surface area contributed by atoms with Gasteiger partial charge in [-0.1, -0.05) is 36.8 Å². The third-order valence-corrected chi connectivity index (χ3v) is 4.08. The smallest absolute Gasteiger partial charge is 0.186 e. The highest BCUT2D eigenvalue weighted by Crippen LogP contribution is 2.22. The largest absolute Gasteiger partial charge is 0.394 e. The number of hydrogen-bond donors (Lipinski definition) is 4. The van der Waals surface area contributed by atoms with Crippen LogP contribution in [0.5, 0.6) is 0 Å². The summed E-state index contributed by atoms with van der Waals surface area (Å²) in [4.78, 5) is 0. The quantitative estimate of drug-likeness (QED) is 0.510. The van der Waals surface area contributed by atoms with E-state index in [0.717, 1.165) is 25.7 Å². The van der Waals surface area contributed by atoms with Crippen molar-refractivity contribution >= 4 is 0 Å². The molecule has 1 aliphatic heterocycles. The Morgan fingerprint density at radius 2 is 1.65 bits per heavy atom. The first-order valence-electron chi connectivity index (χ1n) is 8.09. The SMILES string of the molecule is OCC1OC(OCCCCCc2ccccc2)C(O)C(O)C1O. The summed E-state index contributed by atoms with van der Waals surface area (Å²) in [6.07, 6.45) is -2.16. The first-order chi connectivity index (χ1) is 11.1. The summed E-state index contributed by atoms with van der Waals surface area (Å²) in [7, 11) is 0. The lowest BCUT2D eigenvalue weighted by atomic mass is 9.99. The Bertz CT molecular complexity index is 438. The summed E-state index contributed by atoms with van der Waals surface area (Å²) < 4.78 is 10.7. The Kier molecular flexibility index (Phi) is 7.42. The molecular weight excluding hydrogens is 300 g/mol. The first kappa shape index (κ1) is 18.3. The summed E-state index contributed by atoms with van der Waals surface area (Å²) in [5.74, 6) is 0. The zero-order chi connectivity index (χ0) is 16.7. The van der Waals surface area contributed by atoms with E-state index in [1.165, 1.54) is 5.56 Å². The lowest BCUT2D eigenvalue weighted by Crippen LogP contribution is -2.59. The minimum Gasteiger partial charge on any atom is -0.394 e. The van der Waals surface area contributed by atoms with Gasteiger partial charge in [0.05, 0.1) is 6.61 Å². The molecule has 0 spiro atoms. The van der Waals surface area contributed by atoms with E-state index in [2.05, 4.69) is 12.1 Å².